The van der Waals surface area contributed by atoms with Crippen LogP contribution in [0.15, 0.2) is 0 Å². The van der Waals surface area contributed by atoms with Crippen LogP contribution in [-0.4, -0.2) is 48.2 Å². The lowest BCUT2D eigenvalue weighted by Crippen LogP contribution is -2.46. The number of aliphatic hydroxyl groups is 1. The predicted molar refractivity (Wildman–Crippen MR) is 75.7 cm³/mol. The lowest BCUT2D eigenvalue weighted by atomic mass is 9.85. The summed E-state index contributed by atoms with van der Waals surface area (Å²) in [6, 6.07) is 0. The van der Waals surface area contributed by atoms with Gasteiger partial charge in [-0.1, -0.05) is 13.8 Å². The predicted octanol–water partition coefficient (Wildman–Crippen LogP) is 1.24. The fraction of sp³-hybridized carbons (Fsp3) is 0.933. The van der Waals surface area contributed by atoms with Crippen molar-refractivity contribution in [3.8, 4) is 0 Å². The van der Waals surface area contributed by atoms with E-state index in [0.29, 0.717) is 18.3 Å². The van der Waals surface area contributed by atoms with Gasteiger partial charge in [0.25, 0.3) is 0 Å². The average Bonchev–Trinajstić information content (AvgIpc) is 2.42. The van der Waals surface area contributed by atoms with Gasteiger partial charge in [-0.15, -0.1) is 0 Å². The maximum Gasteiger partial charge on any atom is 0.222 e. The number of nitrogens with zero attached hydrogens (tertiary/aromatic N) is 1. The van der Waals surface area contributed by atoms with E-state index in [1.165, 1.54) is 12.8 Å². The zero-order valence-electron chi connectivity index (χ0n) is 12.3. The van der Waals surface area contributed by atoms with Crippen LogP contribution in [0.5, 0.6) is 0 Å². The summed E-state index contributed by atoms with van der Waals surface area (Å²) in [6.45, 7) is 7.86. The highest BCUT2D eigenvalue weighted by atomic mass is 16.3. The van der Waals surface area contributed by atoms with Crippen molar-refractivity contribution in [3.05, 3.63) is 0 Å². The summed E-state index contributed by atoms with van der Waals surface area (Å²) in [4.78, 5) is 14.3. The van der Waals surface area contributed by atoms with Gasteiger partial charge in [0.15, 0.2) is 0 Å². The Labute approximate surface area is 116 Å². The second-order valence-electron chi connectivity index (χ2n) is 6.46. The van der Waals surface area contributed by atoms with E-state index in [2.05, 4.69) is 12.2 Å². The van der Waals surface area contributed by atoms with E-state index in [4.69, 9.17) is 0 Å². The summed E-state index contributed by atoms with van der Waals surface area (Å²) >= 11 is 0. The van der Waals surface area contributed by atoms with Crippen LogP contribution >= 0.6 is 0 Å². The summed E-state index contributed by atoms with van der Waals surface area (Å²) in [7, 11) is 0. The molecule has 0 radical (unpaired) electrons. The molecular weight excluding hydrogens is 240 g/mol. The first-order chi connectivity index (χ1) is 9.08. The average molecular weight is 268 g/mol. The van der Waals surface area contributed by atoms with E-state index in [1.807, 2.05) is 11.8 Å². The van der Waals surface area contributed by atoms with Crippen molar-refractivity contribution in [2.75, 3.05) is 26.2 Å². The topological polar surface area (TPSA) is 52.6 Å². The smallest absolute Gasteiger partial charge is 0.222 e. The Morgan fingerprint density at radius 2 is 2.26 bits per heavy atom. The standard InChI is InChI=1S/C15H28N2O2/c1-11(13-4-3-6-16-9-13)8-15(19)17-7-5-14(18)12(2)10-17/h11-14,16,18H,3-10H2,1-2H3. The summed E-state index contributed by atoms with van der Waals surface area (Å²) < 4.78 is 0. The number of likely N-dealkylation sites (tertiary alicyclic amines) is 1. The van der Waals surface area contributed by atoms with Crippen LogP contribution in [0.2, 0.25) is 0 Å². The molecule has 2 aliphatic heterocycles. The van der Waals surface area contributed by atoms with Gasteiger partial charge in [0.2, 0.25) is 5.91 Å². The summed E-state index contributed by atoms with van der Waals surface area (Å²) in [6.07, 6.45) is 3.64. The van der Waals surface area contributed by atoms with Gasteiger partial charge in [-0.25, -0.2) is 0 Å². The van der Waals surface area contributed by atoms with Crippen molar-refractivity contribution in [2.45, 2.75) is 45.6 Å². The minimum Gasteiger partial charge on any atom is -0.393 e. The molecule has 0 aromatic heterocycles. The third-order valence-corrected chi connectivity index (χ3v) is 4.85. The number of amides is 1. The van der Waals surface area contributed by atoms with Crippen LogP contribution in [0.3, 0.4) is 0 Å². The molecule has 0 bridgehead atoms. The number of carbonyl (C=O) groups is 1. The van der Waals surface area contributed by atoms with E-state index in [9.17, 15) is 9.90 Å². The molecule has 2 fully saturated rings. The normalized spacial score (nSPS) is 34.1. The molecule has 1 amide bonds. The van der Waals surface area contributed by atoms with Gasteiger partial charge in [-0.2, -0.15) is 0 Å². The molecule has 2 N–H and O–H groups in total. The Balaban J connectivity index is 1.79. The fourth-order valence-electron chi connectivity index (χ4n) is 3.30. The molecule has 0 saturated carbocycles. The monoisotopic (exact) mass is 268 g/mol. The number of nitrogens with one attached hydrogen (secondary N) is 1. The molecule has 2 heterocycles. The number of hydrogen-bond donors (Lipinski definition) is 2. The number of rotatable bonds is 3. The van der Waals surface area contributed by atoms with E-state index in [-0.39, 0.29) is 17.9 Å². The number of piperidine rings is 2. The second-order valence-corrected chi connectivity index (χ2v) is 6.46. The molecule has 2 aliphatic rings. The quantitative estimate of drug-likeness (QED) is 0.810. The maximum atomic E-state index is 12.3. The highest BCUT2D eigenvalue weighted by Crippen LogP contribution is 2.24. The molecule has 4 atom stereocenters. The Morgan fingerprint density at radius 3 is 2.89 bits per heavy atom. The van der Waals surface area contributed by atoms with E-state index in [0.717, 1.165) is 32.6 Å². The van der Waals surface area contributed by atoms with Crippen LogP contribution < -0.4 is 5.32 Å². The lowest BCUT2D eigenvalue weighted by Gasteiger charge is -2.36. The van der Waals surface area contributed by atoms with Gasteiger partial charge in [0, 0.05) is 19.5 Å². The van der Waals surface area contributed by atoms with Gasteiger partial charge < -0.3 is 15.3 Å². The Morgan fingerprint density at radius 1 is 1.47 bits per heavy atom. The third kappa shape index (κ3) is 3.93. The van der Waals surface area contributed by atoms with Crippen molar-refractivity contribution >= 4 is 5.91 Å². The fourth-order valence-corrected chi connectivity index (χ4v) is 3.30. The highest BCUT2D eigenvalue weighted by Gasteiger charge is 2.29. The van der Waals surface area contributed by atoms with Crippen LogP contribution in [0.25, 0.3) is 0 Å². The molecule has 0 aromatic rings. The summed E-state index contributed by atoms with van der Waals surface area (Å²) in [5.41, 5.74) is 0. The molecule has 0 spiro atoms. The molecular formula is C15H28N2O2. The third-order valence-electron chi connectivity index (χ3n) is 4.85. The largest absolute Gasteiger partial charge is 0.393 e. The Bertz CT molecular complexity index is 303. The highest BCUT2D eigenvalue weighted by molar-refractivity contribution is 5.76. The van der Waals surface area contributed by atoms with Crippen molar-refractivity contribution in [1.82, 2.24) is 10.2 Å². The zero-order valence-corrected chi connectivity index (χ0v) is 12.3. The molecule has 19 heavy (non-hydrogen) atoms. The SMILES string of the molecule is CC1CN(C(=O)CC(C)C2CCCNC2)CCC1O. The zero-order chi connectivity index (χ0) is 13.8. The van der Waals surface area contributed by atoms with Gasteiger partial charge in [-0.3, -0.25) is 4.79 Å². The molecule has 0 aliphatic carbocycles. The van der Waals surface area contributed by atoms with Crippen LogP contribution in [0.1, 0.15) is 39.5 Å². The van der Waals surface area contributed by atoms with Crippen molar-refractivity contribution in [2.24, 2.45) is 17.8 Å². The Kier molecular flexibility index (Phi) is 5.22. The van der Waals surface area contributed by atoms with Gasteiger partial charge in [-0.05, 0) is 50.1 Å². The van der Waals surface area contributed by atoms with E-state index in [1.54, 1.807) is 0 Å². The maximum absolute atomic E-state index is 12.3. The van der Waals surface area contributed by atoms with E-state index < -0.39 is 0 Å². The number of carbonyl (C=O) groups excluding carboxylic acids is 1. The van der Waals surface area contributed by atoms with Gasteiger partial charge >= 0.3 is 0 Å². The first kappa shape index (κ1) is 14.8. The minimum absolute atomic E-state index is 0.212. The second kappa shape index (κ2) is 6.71. The van der Waals surface area contributed by atoms with Crippen LogP contribution in [-0.2, 0) is 4.79 Å². The van der Waals surface area contributed by atoms with Crippen molar-refractivity contribution < 1.29 is 9.90 Å². The number of hydrogen-bond acceptors (Lipinski definition) is 3. The summed E-state index contributed by atoms with van der Waals surface area (Å²) in [5, 5.41) is 13.1. The van der Waals surface area contributed by atoms with E-state index >= 15 is 0 Å². The first-order valence-corrected chi connectivity index (χ1v) is 7.74. The molecule has 0 aromatic carbocycles. The lowest BCUT2D eigenvalue weighted by molar-refractivity contribution is -0.136. The molecule has 4 heteroatoms. The molecule has 110 valence electrons. The molecule has 4 nitrogen and oxygen atoms in total. The summed E-state index contributed by atoms with van der Waals surface area (Å²) in [5.74, 6) is 1.59. The number of aliphatic hydroxyl groups excluding tert-OH is 1. The van der Waals surface area contributed by atoms with Gasteiger partial charge in [0.1, 0.15) is 0 Å². The first-order valence-electron chi connectivity index (χ1n) is 7.74. The Hall–Kier alpha value is -0.610. The van der Waals surface area contributed by atoms with Crippen LogP contribution in [0, 0.1) is 17.8 Å². The minimum atomic E-state index is -0.232. The van der Waals surface area contributed by atoms with Crippen molar-refractivity contribution in [3.63, 3.8) is 0 Å². The van der Waals surface area contributed by atoms with Gasteiger partial charge in [0.05, 0.1) is 6.10 Å². The van der Waals surface area contributed by atoms with Crippen LogP contribution in [0.4, 0.5) is 0 Å². The van der Waals surface area contributed by atoms with Crippen molar-refractivity contribution in [1.29, 1.82) is 0 Å². The molecule has 4 unspecified atom stereocenters. The molecule has 2 saturated heterocycles. The molecule has 2 rings (SSSR count).